The van der Waals surface area contributed by atoms with Crippen molar-refractivity contribution in [1.82, 2.24) is 0 Å². The number of esters is 1. The van der Waals surface area contributed by atoms with Gasteiger partial charge in [0.25, 0.3) is 0 Å². The van der Waals surface area contributed by atoms with Gasteiger partial charge in [-0.05, 0) is 11.4 Å². The summed E-state index contributed by atoms with van der Waals surface area (Å²) in [6.45, 7) is 1.29. The summed E-state index contributed by atoms with van der Waals surface area (Å²) in [5.74, 6) is -0.435. The predicted octanol–water partition coefficient (Wildman–Crippen LogP) is 1.88. The van der Waals surface area contributed by atoms with Crippen molar-refractivity contribution in [3.8, 4) is 6.07 Å². The van der Waals surface area contributed by atoms with Crippen LogP contribution in [0, 0.1) is 11.3 Å². The van der Waals surface area contributed by atoms with Crippen molar-refractivity contribution in [3.05, 3.63) is 22.4 Å². The zero-order valence-electron chi connectivity index (χ0n) is 6.48. The zero-order chi connectivity index (χ0) is 8.97. The minimum Gasteiger partial charge on any atom is -0.441 e. The lowest BCUT2D eigenvalue weighted by atomic mass is 10.3. The number of ether oxygens (including phenoxy) is 1. The van der Waals surface area contributed by atoms with E-state index in [0.29, 0.717) is 0 Å². The maximum Gasteiger partial charge on any atom is 0.304 e. The molecule has 0 aliphatic carbocycles. The van der Waals surface area contributed by atoms with Gasteiger partial charge >= 0.3 is 5.97 Å². The predicted molar refractivity (Wildman–Crippen MR) is 44.4 cm³/mol. The maximum atomic E-state index is 10.5. The third-order valence-electron chi connectivity index (χ3n) is 1.20. The minimum atomic E-state index is -0.748. The van der Waals surface area contributed by atoms with Crippen LogP contribution in [0.1, 0.15) is 17.9 Å². The van der Waals surface area contributed by atoms with Gasteiger partial charge in [0.05, 0.1) is 4.88 Å². The lowest BCUT2D eigenvalue weighted by Crippen LogP contribution is -2.04. The summed E-state index contributed by atoms with van der Waals surface area (Å²) in [6, 6.07) is 5.48. The van der Waals surface area contributed by atoms with Crippen LogP contribution in [0.15, 0.2) is 17.5 Å². The molecular weight excluding hydrogens is 174 g/mol. The van der Waals surface area contributed by atoms with Crippen LogP contribution in [-0.4, -0.2) is 5.97 Å². The van der Waals surface area contributed by atoms with Gasteiger partial charge in [0.1, 0.15) is 6.07 Å². The van der Waals surface area contributed by atoms with E-state index in [4.69, 9.17) is 10.00 Å². The highest BCUT2D eigenvalue weighted by molar-refractivity contribution is 7.10. The molecule has 0 aliphatic rings. The molecule has 1 aromatic heterocycles. The molecule has 0 amide bonds. The van der Waals surface area contributed by atoms with Crippen LogP contribution in [0.2, 0.25) is 0 Å². The van der Waals surface area contributed by atoms with Crippen LogP contribution in [0.3, 0.4) is 0 Å². The van der Waals surface area contributed by atoms with Gasteiger partial charge < -0.3 is 4.74 Å². The van der Waals surface area contributed by atoms with E-state index in [1.54, 1.807) is 6.07 Å². The number of nitrogens with zero attached hydrogens (tertiary/aromatic N) is 1. The first-order chi connectivity index (χ1) is 5.74. The second-order valence-corrected chi connectivity index (χ2v) is 3.11. The number of nitriles is 1. The quantitative estimate of drug-likeness (QED) is 0.654. The Morgan fingerprint density at radius 2 is 2.58 bits per heavy atom. The number of hydrogen-bond acceptors (Lipinski definition) is 4. The van der Waals surface area contributed by atoms with E-state index in [9.17, 15) is 4.79 Å². The molecule has 0 unspecified atom stereocenters. The molecule has 0 aromatic carbocycles. The fourth-order valence-electron chi connectivity index (χ4n) is 0.754. The van der Waals surface area contributed by atoms with Gasteiger partial charge in [-0.15, -0.1) is 11.3 Å². The van der Waals surface area contributed by atoms with Gasteiger partial charge in [0.2, 0.25) is 6.10 Å². The first-order valence-electron chi connectivity index (χ1n) is 3.34. The molecule has 12 heavy (non-hydrogen) atoms. The molecule has 0 N–H and O–H groups in total. The van der Waals surface area contributed by atoms with Gasteiger partial charge in [-0.3, -0.25) is 4.79 Å². The molecule has 0 bridgehead atoms. The Morgan fingerprint density at radius 1 is 1.83 bits per heavy atom. The van der Waals surface area contributed by atoms with Crippen LogP contribution in [-0.2, 0) is 9.53 Å². The molecule has 4 heteroatoms. The fraction of sp³-hybridized carbons (Fsp3) is 0.250. The molecule has 3 nitrogen and oxygen atoms in total. The maximum absolute atomic E-state index is 10.5. The Labute approximate surface area is 74.2 Å². The van der Waals surface area contributed by atoms with Gasteiger partial charge in [-0.25, -0.2) is 0 Å². The molecule has 0 saturated heterocycles. The average Bonchev–Trinajstić information content (AvgIpc) is 2.51. The van der Waals surface area contributed by atoms with Crippen molar-refractivity contribution >= 4 is 17.3 Å². The summed E-state index contributed by atoms with van der Waals surface area (Å²) in [6.07, 6.45) is -0.748. The van der Waals surface area contributed by atoms with Crippen LogP contribution >= 0.6 is 11.3 Å². The first-order valence-corrected chi connectivity index (χ1v) is 4.22. The number of carbonyl (C=O) groups is 1. The van der Waals surface area contributed by atoms with Crippen molar-refractivity contribution in [2.75, 3.05) is 0 Å². The average molecular weight is 181 g/mol. The summed E-state index contributed by atoms with van der Waals surface area (Å²) < 4.78 is 4.75. The number of carbonyl (C=O) groups excluding carboxylic acids is 1. The van der Waals surface area contributed by atoms with Gasteiger partial charge in [0, 0.05) is 6.92 Å². The summed E-state index contributed by atoms with van der Waals surface area (Å²) in [5.41, 5.74) is 0. The third kappa shape index (κ3) is 2.07. The number of rotatable bonds is 2. The first kappa shape index (κ1) is 8.75. The Hall–Kier alpha value is -1.34. The highest BCUT2D eigenvalue weighted by atomic mass is 32.1. The van der Waals surface area contributed by atoms with Crippen molar-refractivity contribution in [3.63, 3.8) is 0 Å². The van der Waals surface area contributed by atoms with E-state index in [1.165, 1.54) is 18.3 Å². The van der Waals surface area contributed by atoms with Crippen molar-refractivity contribution in [2.24, 2.45) is 0 Å². The Bertz CT molecular complexity index is 299. The van der Waals surface area contributed by atoms with Gasteiger partial charge in [-0.2, -0.15) is 5.26 Å². The molecule has 1 aromatic rings. The highest BCUT2D eigenvalue weighted by Crippen LogP contribution is 2.21. The zero-order valence-corrected chi connectivity index (χ0v) is 7.30. The van der Waals surface area contributed by atoms with Crippen molar-refractivity contribution < 1.29 is 9.53 Å². The van der Waals surface area contributed by atoms with Gasteiger partial charge in [0.15, 0.2) is 0 Å². The van der Waals surface area contributed by atoms with E-state index in [0.717, 1.165) is 4.88 Å². The molecule has 1 rings (SSSR count). The van der Waals surface area contributed by atoms with Crippen molar-refractivity contribution in [2.45, 2.75) is 13.0 Å². The second kappa shape index (κ2) is 3.88. The molecule has 1 heterocycles. The van der Waals surface area contributed by atoms with E-state index in [2.05, 4.69) is 0 Å². The normalized spacial score (nSPS) is 11.7. The van der Waals surface area contributed by atoms with E-state index in [-0.39, 0.29) is 0 Å². The summed E-state index contributed by atoms with van der Waals surface area (Å²) in [7, 11) is 0. The number of hydrogen-bond donors (Lipinski definition) is 0. The lowest BCUT2D eigenvalue weighted by molar-refractivity contribution is -0.144. The Balaban J connectivity index is 2.72. The molecule has 0 aliphatic heterocycles. The molecule has 0 fully saturated rings. The van der Waals surface area contributed by atoms with Crippen LogP contribution in [0.4, 0.5) is 0 Å². The lowest BCUT2D eigenvalue weighted by Gasteiger charge is -2.05. The topological polar surface area (TPSA) is 50.1 Å². The smallest absolute Gasteiger partial charge is 0.304 e. The molecule has 0 spiro atoms. The minimum absolute atomic E-state index is 0.435. The molecule has 0 saturated carbocycles. The van der Waals surface area contributed by atoms with Crippen molar-refractivity contribution in [1.29, 1.82) is 5.26 Å². The van der Waals surface area contributed by atoms with E-state index in [1.807, 2.05) is 17.5 Å². The summed E-state index contributed by atoms with van der Waals surface area (Å²) >= 11 is 1.40. The highest BCUT2D eigenvalue weighted by Gasteiger charge is 2.13. The Kier molecular flexibility index (Phi) is 2.83. The van der Waals surface area contributed by atoms with E-state index < -0.39 is 12.1 Å². The molecule has 62 valence electrons. The number of thiophene rings is 1. The standard InChI is InChI=1S/C8H7NO2S/c1-6(10)11-7(5-9)8-3-2-4-12-8/h2-4,7H,1H3/t7-/m1/s1. The van der Waals surface area contributed by atoms with Crippen LogP contribution in [0.25, 0.3) is 0 Å². The van der Waals surface area contributed by atoms with E-state index >= 15 is 0 Å². The summed E-state index contributed by atoms with van der Waals surface area (Å²) in [5, 5.41) is 10.5. The largest absolute Gasteiger partial charge is 0.441 e. The van der Waals surface area contributed by atoms with Crippen LogP contribution < -0.4 is 0 Å². The third-order valence-corrected chi connectivity index (χ3v) is 2.12. The second-order valence-electron chi connectivity index (χ2n) is 2.13. The molecular formula is C8H7NO2S. The molecule has 0 radical (unpaired) electrons. The Morgan fingerprint density at radius 3 is 3.00 bits per heavy atom. The monoisotopic (exact) mass is 181 g/mol. The van der Waals surface area contributed by atoms with Gasteiger partial charge in [-0.1, -0.05) is 6.07 Å². The fourth-order valence-corrected chi connectivity index (χ4v) is 1.45. The van der Waals surface area contributed by atoms with Crippen LogP contribution in [0.5, 0.6) is 0 Å². The SMILES string of the molecule is CC(=O)O[C@H](C#N)c1cccs1. The summed E-state index contributed by atoms with van der Waals surface area (Å²) in [4.78, 5) is 11.3. The molecule has 1 atom stereocenters.